The van der Waals surface area contributed by atoms with Crippen LogP contribution in [0.1, 0.15) is 5.56 Å². The Hall–Kier alpha value is -2.25. The molecule has 4 rings (SSSR count). The van der Waals surface area contributed by atoms with E-state index in [2.05, 4.69) is 15.5 Å². The third kappa shape index (κ3) is 5.15. The standard InChI is InChI=1S/C19H20N4O5S3/c1-13-4-5-14(11-16(13)31(25,26)23-6-8-27-9-7-23)20-17(24)12-30-19-22-21-18(28-19)15-3-2-10-29-15/h2-5,10-11H,6-9,12H2,1H3,(H,20,24). The quantitative estimate of drug-likeness (QED) is 0.514. The number of amides is 1. The molecule has 12 heteroatoms. The molecule has 1 aliphatic heterocycles. The maximum Gasteiger partial charge on any atom is 0.277 e. The van der Waals surface area contributed by atoms with Crippen LogP contribution in [0, 0.1) is 6.92 Å². The number of hydrogen-bond acceptors (Lipinski definition) is 9. The van der Waals surface area contributed by atoms with E-state index in [-0.39, 0.29) is 21.8 Å². The third-order valence-corrected chi connectivity index (χ3v) is 8.24. The van der Waals surface area contributed by atoms with Gasteiger partial charge in [0.05, 0.1) is 28.7 Å². The SMILES string of the molecule is Cc1ccc(NC(=O)CSc2nnc(-c3cccs3)o2)cc1S(=O)(=O)N1CCOCC1. The minimum atomic E-state index is -3.66. The van der Waals surface area contributed by atoms with Gasteiger partial charge >= 0.3 is 0 Å². The Balaban J connectivity index is 1.40. The molecule has 1 saturated heterocycles. The zero-order chi connectivity index (χ0) is 21.8. The molecule has 9 nitrogen and oxygen atoms in total. The topological polar surface area (TPSA) is 115 Å². The predicted molar refractivity (Wildman–Crippen MR) is 118 cm³/mol. The molecule has 0 spiro atoms. The number of carbonyl (C=O) groups excluding carboxylic acids is 1. The molecule has 0 bridgehead atoms. The molecule has 3 heterocycles. The highest BCUT2D eigenvalue weighted by atomic mass is 32.2. The van der Waals surface area contributed by atoms with Gasteiger partial charge in [-0.1, -0.05) is 23.9 Å². The van der Waals surface area contributed by atoms with Crippen molar-refractivity contribution in [2.24, 2.45) is 0 Å². The number of ether oxygens (including phenoxy) is 1. The Morgan fingerprint density at radius 2 is 2.06 bits per heavy atom. The van der Waals surface area contributed by atoms with Gasteiger partial charge in [0.25, 0.3) is 11.1 Å². The number of benzene rings is 1. The van der Waals surface area contributed by atoms with E-state index in [1.807, 2.05) is 17.5 Å². The number of nitrogens with zero attached hydrogens (tertiary/aromatic N) is 3. The van der Waals surface area contributed by atoms with Crippen molar-refractivity contribution in [2.45, 2.75) is 17.0 Å². The van der Waals surface area contributed by atoms with E-state index >= 15 is 0 Å². The molecule has 0 atom stereocenters. The summed E-state index contributed by atoms with van der Waals surface area (Å²) in [6.07, 6.45) is 0. The number of nitrogens with one attached hydrogen (secondary N) is 1. The van der Waals surface area contributed by atoms with Gasteiger partial charge in [0.15, 0.2) is 0 Å². The van der Waals surface area contributed by atoms with Crippen LogP contribution in [0.5, 0.6) is 0 Å². The molecule has 0 unspecified atom stereocenters. The second-order valence-electron chi connectivity index (χ2n) is 6.68. The van der Waals surface area contributed by atoms with Gasteiger partial charge in [-0.2, -0.15) is 4.31 Å². The number of carbonyl (C=O) groups is 1. The zero-order valence-electron chi connectivity index (χ0n) is 16.6. The lowest BCUT2D eigenvalue weighted by atomic mass is 10.2. The lowest BCUT2D eigenvalue weighted by molar-refractivity contribution is -0.113. The van der Waals surface area contributed by atoms with Crippen LogP contribution in [0.15, 0.2) is 50.2 Å². The molecule has 164 valence electrons. The van der Waals surface area contributed by atoms with Gasteiger partial charge in [-0.05, 0) is 36.1 Å². The van der Waals surface area contributed by atoms with Crippen LogP contribution in [0.4, 0.5) is 5.69 Å². The van der Waals surface area contributed by atoms with Crippen molar-refractivity contribution in [3.8, 4) is 10.8 Å². The summed E-state index contributed by atoms with van der Waals surface area (Å²) < 4.78 is 38.2. The molecule has 1 aromatic carbocycles. The number of sulfonamides is 1. The first kappa shape index (κ1) is 22.0. The van der Waals surface area contributed by atoms with Crippen molar-refractivity contribution >= 4 is 44.7 Å². The van der Waals surface area contributed by atoms with Crippen molar-refractivity contribution in [1.29, 1.82) is 0 Å². The minimum Gasteiger partial charge on any atom is -0.410 e. The van der Waals surface area contributed by atoms with Crippen LogP contribution in [0.2, 0.25) is 0 Å². The van der Waals surface area contributed by atoms with E-state index in [4.69, 9.17) is 9.15 Å². The second-order valence-corrected chi connectivity index (χ2v) is 10.5. The fourth-order valence-electron chi connectivity index (χ4n) is 2.97. The first-order valence-corrected chi connectivity index (χ1v) is 12.7. The molecule has 2 aromatic heterocycles. The van der Waals surface area contributed by atoms with Crippen LogP contribution >= 0.6 is 23.1 Å². The maximum absolute atomic E-state index is 13.0. The number of thiophene rings is 1. The van der Waals surface area contributed by atoms with Crippen LogP contribution in [0.25, 0.3) is 10.8 Å². The molecule has 1 fully saturated rings. The number of hydrogen-bond donors (Lipinski definition) is 1. The summed E-state index contributed by atoms with van der Waals surface area (Å²) in [7, 11) is -3.66. The molecule has 1 amide bonds. The first-order chi connectivity index (χ1) is 14.9. The van der Waals surface area contributed by atoms with Gasteiger partial charge in [0.2, 0.25) is 15.9 Å². The Morgan fingerprint density at radius 1 is 1.26 bits per heavy atom. The molecule has 3 aromatic rings. The second kappa shape index (κ2) is 9.49. The van der Waals surface area contributed by atoms with Gasteiger partial charge in [-0.25, -0.2) is 8.42 Å². The summed E-state index contributed by atoms with van der Waals surface area (Å²) in [5.41, 5.74) is 1.03. The summed E-state index contributed by atoms with van der Waals surface area (Å²) >= 11 is 2.60. The summed E-state index contributed by atoms with van der Waals surface area (Å²) in [5, 5.41) is 12.8. The molecular weight excluding hydrogens is 460 g/mol. The van der Waals surface area contributed by atoms with Gasteiger partial charge in [-0.15, -0.1) is 21.5 Å². The molecular formula is C19H20N4O5S3. The lowest BCUT2D eigenvalue weighted by Gasteiger charge is -2.26. The van der Waals surface area contributed by atoms with Crippen molar-refractivity contribution in [3.05, 3.63) is 41.3 Å². The van der Waals surface area contributed by atoms with E-state index in [1.54, 1.807) is 19.1 Å². The largest absolute Gasteiger partial charge is 0.410 e. The van der Waals surface area contributed by atoms with Crippen molar-refractivity contribution in [3.63, 3.8) is 0 Å². The minimum absolute atomic E-state index is 0.0471. The summed E-state index contributed by atoms with van der Waals surface area (Å²) in [4.78, 5) is 13.4. The molecule has 0 aliphatic carbocycles. The van der Waals surface area contributed by atoms with Crippen molar-refractivity contribution in [2.75, 3.05) is 37.4 Å². The van der Waals surface area contributed by atoms with Crippen LogP contribution < -0.4 is 5.32 Å². The van der Waals surface area contributed by atoms with Gasteiger partial charge in [0, 0.05) is 18.8 Å². The number of rotatable bonds is 7. The lowest BCUT2D eigenvalue weighted by Crippen LogP contribution is -2.40. The Kier molecular flexibility index (Phi) is 6.72. The molecule has 0 saturated carbocycles. The van der Waals surface area contributed by atoms with E-state index in [0.29, 0.717) is 43.4 Å². The zero-order valence-corrected chi connectivity index (χ0v) is 19.1. The highest BCUT2D eigenvalue weighted by molar-refractivity contribution is 7.99. The highest BCUT2D eigenvalue weighted by Crippen LogP contribution is 2.27. The molecule has 1 N–H and O–H groups in total. The van der Waals surface area contributed by atoms with Gasteiger partial charge in [0.1, 0.15) is 0 Å². The normalized spacial score (nSPS) is 15.1. The number of morpholine rings is 1. The summed E-state index contributed by atoms with van der Waals surface area (Å²) in [5.74, 6) is 0.153. The van der Waals surface area contributed by atoms with Crippen molar-refractivity contribution in [1.82, 2.24) is 14.5 Å². The first-order valence-electron chi connectivity index (χ1n) is 9.42. The Morgan fingerprint density at radius 3 is 2.81 bits per heavy atom. The summed E-state index contributed by atoms with van der Waals surface area (Å²) in [6, 6.07) is 8.61. The molecule has 0 radical (unpaired) electrons. The van der Waals surface area contributed by atoms with E-state index < -0.39 is 10.0 Å². The maximum atomic E-state index is 13.0. The van der Waals surface area contributed by atoms with Crippen LogP contribution in [-0.4, -0.2) is 60.9 Å². The van der Waals surface area contributed by atoms with Crippen LogP contribution in [0.3, 0.4) is 0 Å². The number of aryl methyl sites for hydroxylation is 1. The monoisotopic (exact) mass is 480 g/mol. The van der Waals surface area contributed by atoms with E-state index in [0.717, 1.165) is 16.6 Å². The number of anilines is 1. The number of thioether (sulfide) groups is 1. The average molecular weight is 481 g/mol. The predicted octanol–water partition coefficient (Wildman–Crippen LogP) is 2.86. The van der Waals surface area contributed by atoms with Crippen LogP contribution in [-0.2, 0) is 19.6 Å². The highest BCUT2D eigenvalue weighted by Gasteiger charge is 2.28. The molecule has 1 aliphatic rings. The smallest absolute Gasteiger partial charge is 0.277 e. The Labute approximate surface area is 187 Å². The summed E-state index contributed by atoms with van der Waals surface area (Å²) in [6.45, 7) is 3.10. The molecule has 31 heavy (non-hydrogen) atoms. The average Bonchev–Trinajstić information content (AvgIpc) is 3.46. The van der Waals surface area contributed by atoms with E-state index in [9.17, 15) is 13.2 Å². The van der Waals surface area contributed by atoms with E-state index in [1.165, 1.54) is 21.7 Å². The van der Waals surface area contributed by atoms with Crippen molar-refractivity contribution < 1.29 is 22.4 Å². The van der Waals surface area contributed by atoms with Gasteiger partial charge < -0.3 is 14.5 Å². The fraction of sp³-hybridized carbons (Fsp3) is 0.316. The van der Waals surface area contributed by atoms with Gasteiger partial charge in [-0.3, -0.25) is 4.79 Å². The third-order valence-electron chi connectivity index (χ3n) is 4.52. The fourth-order valence-corrected chi connectivity index (χ4v) is 5.84. The Bertz CT molecular complexity index is 1160. The number of aromatic nitrogens is 2.